The van der Waals surface area contributed by atoms with Gasteiger partial charge < -0.3 is 14.5 Å². The van der Waals surface area contributed by atoms with Crippen molar-refractivity contribution in [3.63, 3.8) is 0 Å². The topological polar surface area (TPSA) is 77.2 Å². The Balaban J connectivity index is 1.62. The average Bonchev–Trinajstić information content (AvgIpc) is 3.11. The molecule has 1 aromatic heterocycles. The van der Waals surface area contributed by atoms with Crippen molar-refractivity contribution in [1.29, 1.82) is 0 Å². The zero-order valence-electron chi connectivity index (χ0n) is 14.2. The molecule has 134 valence electrons. The van der Waals surface area contributed by atoms with Crippen LogP contribution in [0.1, 0.15) is 5.56 Å². The van der Waals surface area contributed by atoms with Gasteiger partial charge in [-0.15, -0.1) is 10.2 Å². The predicted octanol–water partition coefficient (Wildman–Crippen LogP) is 4.44. The Morgan fingerprint density at radius 1 is 1.27 bits per heavy atom. The highest BCUT2D eigenvalue weighted by Crippen LogP contribution is 2.30. The SMILES string of the molecule is COc1ccccc1-c1nnc(SCC(=O)Nc2ccc(C)cc2Cl)o1. The number of ether oxygens (including phenoxy) is 1. The first-order valence-electron chi connectivity index (χ1n) is 7.72. The molecule has 6 nitrogen and oxygen atoms in total. The summed E-state index contributed by atoms with van der Waals surface area (Å²) in [6.45, 7) is 1.93. The maximum atomic E-state index is 12.1. The lowest BCUT2D eigenvalue weighted by Gasteiger charge is -2.06. The van der Waals surface area contributed by atoms with E-state index in [0.29, 0.717) is 33.1 Å². The number of hydrogen-bond donors (Lipinski definition) is 1. The van der Waals surface area contributed by atoms with Crippen LogP contribution in [0.2, 0.25) is 5.02 Å². The molecule has 1 amide bonds. The highest BCUT2D eigenvalue weighted by Gasteiger charge is 2.14. The number of carbonyl (C=O) groups excluding carboxylic acids is 1. The van der Waals surface area contributed by atoms with Crippen LogP contribution in [0.5, 0.6) is 5.75 Å². The highest BCUT2D eigenvalue weighted by molar-refractivity contribution is 7.99. The van der Waals surface area contributed by atoms with Gasteiger partial charge in [0.15, 0.2) is 0 Å². The molecule has 0 radical (unpaired) electrons. The van der Waals surface area contributed by atoms with Gasteiger partial charge in [-0.05, 0) is 36.8 Å². The Morgan fingerprint density at radius 2 is 2.08 bits per heavy atom. The van der Waals surface area contributed by atoms with Crippen LogP contribution in [-0.4, -0.2) is 29.0 Å². The predicted molar refractivity (Wildman–Crippen MR) is 102 cm³/mol. The van der Waals surface area contributed by atoms with Crippen molar-refractivity contribution in [2.45, 2.75) is 12.1 Å². The molecular weight excluding hydrogens is 374 g/mol. The summed E-state index contributed by atoms with van der Waals surface area (Å²) in [4.78, 5) is 12.1. The molecule has 8 heteroatoms. The molecule has 0 saturated heterocycles. The van der Waals surface area contributed by atoms with E-state index in [1.165, 1.54) is 0 Å². The van der Waals surface area contributed by atoms with E-state index >= 15 is 0 Å². The van der Waals surface area contributed by atoms with Crippen molar-refractivity contribution in [2.24, 2.45) is 0 Å². The van der Waals surface area contributed by atoms with E-state index in [1.54, 1.807) is 19.2 Å². The van der Waals surface area contributed by atoms with Gasteiger partial charge in [0, 0.05) is 0 Å². The number of hydrogen-bond acceptors (Lipinski definition) is 6. The van der Waals surface area contributed by atoms with Crippen molar-refractivity contribution in [3.8, 4) is 17.2 Å². The summed E-state index contributed by atoms with van der Waals surface area (Å²) in [6, 6.07) is 12.8. The fourth-order valence-electron chi connectivity index (χ4n) is 2.23. The third-order valence-electron chi connectivity index (χ3n) is 3.47. The molecule has 0 saturated carbocycles. The maximum absolute atomic E-state index is 12.1. The number of benzene rings is 2. The minimum atomic E-state index is -0.210. The Kier molecular flexibility index (Phi) is 5.80. The number of aromatic nitrogens is 2. The standard InChI is InChI=1S/C18H16ClN3O3S/c1-11-7-8-14(13(19)9-11)20-16(23)10-26-18-22-21-17(25-18)12-5-3-4-6-15(12)24-2/h3-9H,10H2,1-2H3,(H,20,23). The van der Waals surface area contributed by atoms with Gasteiger partial charge in [-0.2, -0.15) is 0 Å². The van der Waals surface area contributed by atoms with Crippen LogP contribution in [0.4, 0.5) is 5.69 Å². The number of amides is 1. The number of anilines is 1. The summed E-state index contributed by atoms with van der Waals surface area (Å²) in [5, 5.41) is 11.5. The van der Waals surface area contributed by atoms with Gasteiger partial charge in [-0.25, -0.2) is 0 Å². The van der Waals surface area contributed by atoms with Crippen LogP contribution in [0.25, 0.3) is 11.5 Å². The molecular formula is C18H16ClN3O3S. The van der Waals surface area contributed by atoms with E-state index in [-0.39, 0.29) is 11.7 Å². The normalized spacial score (nSPS) is 10.6. The van der Waals surface area contributed by atoms with Crippen molar-refractivity contribution in [2.75, 3.05) is 18.2 Å². The first-order chi connectivity index (χ1) is 12.6. The van der Waals surface area contributed by atoms with Gasteiger partial charge in [0.1, 0.15) is 5.75 Å². The summed E-state index contributed by atoms with van der Waals surface area (Å²) in [6.07, 6.45) is 0. The molecule has 0 aliphatic heterocycles. The van der Waals surface area contributed by atoms with Gasteiger partial charge >= 0.3 is 0 Å². The van der Waals surface area contributed by atoms with Crippen LogP contribution in [0.15, 0.2) is 52.1 Å². The van der Waals surface area contributed by atoms with Gasteiger partial charge in [0.25, 0.3) is 11.1 Å². The quantitative estimate of drug-likeness (QED) is 0.628. The third kappa shape index (κ3) is 4.36. The number of halogens is 1. The molecule has 2 aromatic carbocycles. The summed E-state index contributed by atoms with van der Waals surface area (Å²) in [7, 11) is 1.57. The zero-order valence-corrected chi connectivity index (χ0v) is 15.7. The molecule has 3 rings (SSSR count). The van der Waals surface area contributed by atoms with Gasteiger partial charge in [-0.1, -0.05) is 41.6 Å². The van der Waals surface area contributed by atoms with Crippen LogP contribution >= 0.6 is 23.4 Å². The Labute approximate surface area is 159 Å². The summed E-state index contributed by atoms with van der Waals surface area (Å²) < 4.78 is 10.9. The average molecular weight is 390 g/mol. The number of para-hydroxylation sites is 1. The fourth-order valence-corrected chi connectivity index (χ4v) is 3.08. The Hall–Kier alpha value is -2.51. The molecule has 0 spiro atoms. The smallest absolute Gasteiger partial charge is 0.277 e. The second-order valence-electron chi connectivity index (χ2n) is 5.39. The van der Waals surface area contributed by atoms with E-state index in [0.717, 1.165) is 17.3 Å². The molecule has 0 aliphatic rings. The summed E-state index contributed by atoms with van der Waals surface area (Å²) in [5.74, 6) is 0.891. The van der Waals surface area contributed by atoms with Crippen LogP contribution < -0.4 is 10.1 Å². The number of nitrogens with one attached hydrogen (secondary N) is 1. The minimum Gasteiger partial charge on any atom is -0.496 e. The minimum absolute atomic E-state index is 0.123. The second-order valence-corrected chi connectivity index (χ2v) is 6.73. The second kappa shape index (κ2) is 8.25. The number of nitrogens with zero attached hydrogens (tertiary/aromatic N) is 2. The Bertz CT molecular complexity index is 930. The molecule has 0 bridgehead atoms. The molecule has 3 aromatic rings. The van der Waals surface area contributed by atoms with E-state index < -0.39 is 0 Å². The summed E-state index contributed by atoms with van der Waals surface area (Å²) >= 11 is 7.27. The largest absolute Gasteiger partial charge is 0.496 e. The van der Waals surface area contributed by atoms with E-state index in [2.05, 4.69) is 15.5 Å². The lowest BCUT2D eigenvalue weighted by molar-refractivity contribution is -0.113. The molecule has 0 aliphatic carbocycles. The van der Waals surface area contributed by atoms with Crippen molar-refractivity contribution in [3.05, 3.63) is 53.1 Å². The van der Waals surface area contributed by atoms with Gasteiger partial charge in [0.05, 0.1) is 29.1 Å². The Morgan fingerprint density at radius 3 is 2.85 bits per heavy atom. The van der Waals surface area contributed by atoms with E-state index in [1.807, 2.05) is 37.3 Å². The van der Waals surface area contributed by atoms with Crippen molar-refractivity contribution >= 4 is 35.0 Å². The molecule has 26 heavy (non-hydrogen) atoms. The number of aryl methyl sites for hydroxylation is 1. The molecule has 1 heterocycles. The first kappa shape index (κ1) is 18.3. The van der Waals surface area contributed by atoms with Gasteiger partial charge in [0.2, 0.25) is 5.91 Å². The fraction of sp³-hybridized carbons (Fsp3) is 0.167. The van der Waals surface area contributed by atoms with Gasteiger partial charge in [-0.3, -0.25) is 4.79 Å². The molecule has 1 N–H and O–H groups in total. The van der Waals surface area contributed by atoms with Crippen LogP contribution in [0, 0.1) is 6.92 Å². The summed E-state index contributed by atoms with van der Waals surface area (Å²) in [5.41, 5.74) is 2.30. The number of methoxy groups -OCH3 is 1. The van der Waals surface area contributed by atoms with Crippen molar-refractivity contribution in [1.82, 2.24) is 10.2 Å². The van der Waals surface area contributed by atoms with Crippen LogP contribution in [0.3, 0.4) is 0 Å². The van der Waals surface area contributed by atoms with E-state index in [4.69, 9.17) is 20.8 Å². The van der Waals surface area contributed by atoms with E-state index in [9.17, 15) is 4.79 Å². The first-order valence-corrected chi connectivity index (χ1v) is 9.09. The lowest BCUT2D eigenvalue weighted by Crippen LogP contribution is -2.14. The highest BCUT2D eigenvalue weighted by atomic mass is 35.5. The maximum Gasteiger partial charge on any atom is 0.277 e. The molecule has 0 atom stereocenters. The lowest BCUT2D eigenvalue weighted by atomic mass is 10.2. The molecule has 0 fully saturated rings. The van der Waals surface area contributed by atoms with Crippen molar-refractivity contribution < 1.29 is 13.9 Å². The third-order valence-corrected chi connectivity index (χ3v) is 4.60. The monoisotopic (exact) mass is 389 g/mol. The number of carbonyl (C=O) groups is 1. The number of rotatable bonds is 6. The van der Waals surface area contributed by atoms with Crippen LogP contribution in [-0.2, 0) is 4.79 Å². The zero-order chi connectivity index (χ0) is 18.5. The number of thioether (sulfide) groups is 1. The molecule has 0 unspecified atom stereocenters.